The van der Waals surface area contributed by atoms with Crippen LogP contribution >= 0.6 is 27.5 Å². The molecule has 0 saturated heterocycles. The van der Waals surface area contributed by atoms with Gasteiger partial charge in [-0.25, -0.2) is 0 Å². The van der Waals surface area contributed by atoms with Crippen LogP contribution in [0, 0.1) is 10.1 Å². The number of hydrogen-bond acceptors (Lipinski definition) is 4. The van der Waals surface area contributed by atoms with E-state index in [2.05, 4.69) is 15.9 Å². The summed E-state index contributed by atoms with van der Waals surface area (Å²) in [5.74, 6) is 0.534. The highest BCUT2D eigenvalue weighted by Gasteiger charge is 2.17. The van der Waals surface area contributed by atoms with Crippen LogP contribution in [0.3, 0.4) is 0 Å². The summed E-state index contributed by atoms with van der Waals surface area (Å²) in [5.41, 5.74) is 6.58. The van der Waals surface area contributed by atoms with Gasteiger partial charge in [0.1, 0.15) is 5.75 Å². The molecule has 0 unspecified atom stereocenters. The molecule has 2 N–H and O–H groups in total. The Labute approximate surface area is 134 Å². The lowest BCUT2D eigenvalue weighted by molar-refractivity contribution is -0.385. The monoisotopic (exact) mass is 370 g/mol. The Morgan fingerprint density at radius 3 is 2.57 bits per heavy atom. The Balaban J connectivity index is 2.38. The third-order valence-corrected chi connectivity index (χ3v) is 3.67. The normalized spacial score (nSPS) is 12.0. The molecule has 0 aromatic heterocycles. The van der Waals surface area contributed by atoms with Crippen LogP contribution in [0.1, 0.15) is 18.5 Å². The van der Waals surface area contributed by atoms with E-state index in [1.54, 1.807) is 12.1 Å². The van der Waals surface area contributed by atoms with E-state index in [-0.39, 0.29) is 17.5 Å². The van der Waals surface area contributed by atoms with Gasteiger partial charge in [-0.15, -0.1) is 0 Å². The highest BCUT2D eigenvalue weighted by atomic mass is 79.9. The minimum atomic E-state index is -0.518. The summed E-state index contributed by atoms with van der Waals surface area (Å²) >= 11 is 9.23. The van der Waals surface area contributed by atoms with Crippen LogP contribution in [0.2, 0.25) is 5.02 Å². The Bertz CT molecular complexity index is 692. The average Bonchev–Trinajstić information content (AvgIpc) is 2.40. The van der Waals surface area contributed by atoms with Crippen LogP contribution in [0.15, 0.2) is 40.9 Å². The molecule has 0 radical (unpaired) electrons. The molecule has 0 heterocycles. The fraction of sp³-hybridized carbons (Fsp3) is 0.143. The molecule has 2 aromatic rings. The number of nitrogens with zero attached hydrogens (tertiary/aromatic N) is 1. The molecule has 0 saturated carbocycles. The van der Waals surface area contributed by atoms with E-state index in [9.17, 15) is 10.1 Å². The molecular weight excluding hydrogens is 360 g/mol. The second-order valence-corrected chi connectivity index (χ2v) is 5.74. The SMILES string of the molecule is C[C@H](N)c1ccc(Oc2cc(Cl)ccc2[N+](=O)[O-])c(Br)c1. The number of nitrogens with two attached hydrogens (primary N) is 1. The van der Waals surface area contributed by atoms with E-state index in [0.717, 1.165) is 5.56 Å². The first-order valence-corrected chi connectivity index (χ1v) is 7.22. The van der Waals surface area contributed by atoms with Crippen molar-refractivity contribution in [2.24, 2.45) is 5.73 Å². The fourth-order valence-corrected chi connectivity index (χ4v) is 2.36. The molecule has 1 atom stereocenters. The van der Waals surface area contributed by atoms with Gasteiger partial charge in [0.05, 0.1) is 9.40 Å². The highest BCUT2D eigenvalue weighted by molar-refractivity contribution is 9.10. The zero-order chi connectivity index (χ0) is 15.6. The van der Waals surface area contributed by atoms with E-state index in [0.29, 0.717) is 15.2 Å². The standard InChI is InChI=1S/C14H12BrClN2O3/c1-8(17)9-2-5-13(11(15)6-9)21-14-7-10(16)3-4-12(14)18(19)20/h2-8H,17H2,1H3/t8-/m0/s1. The second kappa shape index (κ2) is 6.43. The lowest BCUT2D eigenvalue weighted by Crippen LogP contribution is -2.04. The van der Waals surface area contributed by atoms with Crippen molar-refractivity contribution >= 4 is 33.2 Å². The van der Waals surface area contributed by atoms with Gasteiger partial charge in [-0.3, -0.25) is 10.1 Å². The van der Waals surface area contributed by atoms with Gasteiger partial charge in [0.25, 0.3) is 0 Å². The van der Waals surface area contributed by atoms with Gasteiger partial charge < -0.3 is 10.5 Å². The van der Waals surface area contributed by atoms with Crippen molar-refractivity contribution in [1.82, 2.24) is 0 Å². The number of nitro groups is 1. The highest BCUT2D eigenvalue weighted by Crippen LogP contribution is 2.37. The number of hydrogen-bond donors (Lipinski definition) is 1. The van der Waals surface area contributed by atoms with E-state index in [4.69, 9.17) is 22.1 Å². The largest absolute Gasteiger partial charge is 0.449 e. The van der Waals surface area contributed by atoms with Gasteiger partial charge in [-0.1, -0.05) is 17.7 Å². The third-order valence-electron chi connectivity index (χ3n) is 2.82. The van der Waals surface area contributed by atoms with E-state index in [1.807, 2.05) is 13.0 Å². The van der Waals surface area contributed by atoms with Gasteiger partial charge in [-0.05, 0) is 46.6 Å². The van der Waals surface area contributed by atoms with E-state index in [1.165, 1.54) is 18.2 Å². The summed E-state index contributed by atoms with van der Waals surface area (Å²) in [7, 11) is 0. The maximum atomic E-state index is 11.0. The number of halogens is 2. The summed E-state index contributed by atoms with van der Waals surface area (Å²) < 4.78 is 6.26. The van der Waals surface area contributed by atoms with Crippen molar-refractivity contribution in [3.8, 4) is 11.5 Å². The number of benzene rings is 2. The third kappa shape index (κ3) is 3.72. The minimum Gasteiger partial charge on any atom is -0.449 e. The zero-order valence-electron chi connectivity index (χ0n) is 11.0. The van der Waals surface area contributed by atoms with Crippen LogP contribution in [0.4, 0.5) is 5.69 Å². The molecule has 0 bridgehead atoms. The molecule has 2 aromatic carbocycles. The summed E-state index contributed by atoms with van der Waals surface area (Å²) in [5, 5.41) is 11.4. The Hall–Kier alpha value is -1.63. The molecule has 0 amide bonds. The molecule has 7 heteroatoms. The van der Waals surface area contributed by atoms with Crippen molar-refractivity contribution in [3.05, 3.63) is 61.6 Å². The predicted molar refractivity (Wildman–Crippen MR) is 84.9 cm³/mol. The first-order valence-electron chi connectivity index (χ1n) is 6.05. The molecular formula is C14H12BrClN2O3. The summed E-state index contributed by atoms with van der Waals surface area (Å²) in [4.78, 5) is 10.5. The Morgan fingerprint density at radius 2 is 2.00 bits per heavy atom. The maximum Gasteiger partial charge on any atom is 0.311 e. The number of rotatable bonds is 4. The van der Waals surface area contributed by atoms with Gasteiger partial charge in [0, 0.05) is 23.2 Å². The van der Waals surface area contributed by atoms with Crippen LogP contribution in [-0.2, 0) is 0 Å². The van der Waals surface area contributed by atoms with Gasteiger partial charge >= 0.3 is 5.69 Å². The lowest BCUT2D eigenvalue weighted by atomic mass is 10.1. The van der Waals surface area contributed by atoms with E-state index >= 15 is 0 Å². The lowest BCUT2D eigenvalue weighted by Gasteiger charge is -2.11. The van der Waals surface area contributed by atoms with Gasteiger partial charge in [0.15, 0.2) is 0 Å². The summed E-state index contributed by atoms with van der Waals surface area (Å²) in [6.45, 7) is 1.87. The van der Waals surface area contributed by atoms with Crippen molar-refractivity contribution in [2.75, 3.05) is 0 Å². The molecule has 0 aliphatic rings. The molecule has 2 rings (SSSR count). The predicted octanol–water partition coefficient (Wildman–Crippen LogP) is 4.82. The van der Waals surface area contributed by atoms with Crippen molar-refractivity contribution in [1.29, 1.82) is 0 Å². The molecule has 0 aliphatic carbocycles. The summed E-state index contributed by atoms with van der Waals surface area (Å²) in [6.07, 6.45) is 0. The van der Waals surface area contributed by atoms with Crippen LogP contribution < -0.4 is 10.5 Å². The quantitative estimate of drug-likeness (QED) is 0.617. The Morgan fingerprint density at radius 1 is 1.29 bits per heavy atom. The van der Waals surface area contributed by atoms with Crippen LogP contribution in [0.25, 0.3) is 0 Å². The maximum absolute atomic E-state index is 11.0. The molecule has 5 nitrogen and oxygen atoms in total. The second-order valence-electron chi connectivity index (χ2n) is 4.45. The minimum absolute atomic E-state index is 0.0850. The molecule has 0 spiro atoms. The van der Waals surface area contributed by atoms with Gasteiger partial charge in [0.2, 0.25) is 5.75 Å². The molecule has 21 heavy (non-hydrogen) atoms. The van der Waals surface area contributed by atoms with Crippen molar-refractivity contribution in [2.45, 2.75) is 13.0 Å². The number of nitro benzene ring substituents is 1. The van der Waals surface area contributed by atoms with Crippen LogP contribution in [0.5, 0.6) is 11.5 Å². The average molecular weight is 372 g/mol. The zero-order valence-corrected chi connectivity index (χ0v) is 13.4. The molecule has 110 valence electrons. The molecule has 0 aliphatic heterocycles. The van der Waals surface area contributed by atoms with E-state index < -0.39 is 4.92 Å². The van der Waals surface area contributed by atoms with Crippen molar-refractivity contribution in [3.63, 3.8) is 0 Å². The fourth-order valence-electron chi connectivity index (χ4n) is 1.72. The van der Waals surface area contributed by atoms with Gasteiger partial charge in [-0.2, -0.15) is 0 Å². The van der Waals surface area contributed by atoms with Crippen molar-refractivity contribution < 1.29 is 9.66 Å². The Kier molecular flexibility index (Phi) is 4.82. The molecule has 0 fully saturated rings. The topological polar surface area (TPSA) is 78.4 Å². The summed E-state index contributed by atoms with van der Waals surface area (Å²) in [6, 6.07) is 9.37. The number of ether oxygens (including phenoxy) is 1. The first kappa shape index (κ1) is 15.8. The smallest absolute Gasteiger partial charge is 0.311 e. The van der Waals surface area contributed by atoms with Crippen LogP contribution in [-0.4, -0.2) is 4.92 Å². The first-order chi connectivity index (χ1) is 9.88.